The summed E-state index contributed by atoms with van der Waals surface area (Å²) >= 11 is 7.66. The molecule has 0 heterocycles. The highest BCUT2D eigenvalue weighted by Crippen LogP contribution is 2.32. The molecule has 0 bridgehead atoms. The van der Waals surface area contributed by atoms with Crippen LogP contribution in [0, 0.1) is 5.82 Å². The number of rotatable bonds is 7. The minimum Gasteiger partial charge on any atom is -0.383 e. The SMILES string of the molecule is COCCNCc1ccc(Cl)cc1Sc1ccc(F)cc1. The fourth-order valence-corrected chi connectivity index (χ4v) is 3.02. The second-order valence-electron chi connectivity index (χ2n) is 4.48. The van der Waals surface area contributed by atoms with E-state index in [9.17, 15) is 4.39 Å². The summed E-state index contributed by atoms with van der Waals surface area (Å²) in [6.45, 7) is 2.21. The molecule has 5 heteroatoms. The number of nitrogens with one attached hydrogen (secondary N) is 1. The van der Waals surface area contributed by atoms with Crippen LogP contribution in [0.2, 0.25) is 5.02 Å². The van der Waals surface area contributed by atoms with E-state index in [0.29, 0.717) is 11.6 Å². The molecule has 0 aliphatic heterocycles. The van der Waals surface area contributed by atoms with Gasteiger partial charge in [-0.15, -0.1) is 0 Å². The molecule has 2 rings (SSSR count). The molecular formula is C16H17ClFNOS. The van der Waals surface area contributed by atoms with Crippen molar-refractivity contribution in [3.05, 3.63) is 58.9 Å². The fourth-order valence-electron chi connectivity index (χ4n) is 1.80. The van der Waals surface area contributed by atoms with E-state index in [1.165, 1.54) is 12.1 Å². The predicted octanol–water partition coefficient (Wildman–Crippen LogP) is 4.37. The van der Waals surface area contributed by atoms with Gasteiger partial charge in [0.05, 0.1) is 6.61 Å². The molecule has 0 unspecified atom stereocenters. The van der Waals surface area contributed by atoms with Gasteiger partial charge in [0.2, 0.25) is 0 Å². The first kappa shape index (κ1) is 16.3. The first-order valence-electron chi connectivity index (χ1n) is 6.60. The summed E-state index contributed by atoms with van der Waals surface area (Å²) in [6.07, 6.45) is 0. The van der Waals surface area contributed by atoms with Crippen LogP contribution in [0.25, 0.3) is 0 Å². The largest absolute Gasteiger partial charge is 0.383 e. The highest BCUT2D eigenvalue weighted by atomic mass is 35.5. The standard InChI is InChI=1S/C16H17ClFNOS/c1-20-9-8-19-11-12-2-3-13(17)10-16(12)21-15-6-4-14(18)5-7-15/h2-7,10,19H,8-9,11H2,1H3. The van der Waals surface area contributed by atoms with Crippen LogP contribution in [0.1, 0.15) is 5.56 Å². The van der Waals surface area contributed by atoms with Gasteiger partial charge in [0, 0.05) is 35.0 Å². The maximum absolute atomic E-state index is 13.0. The molecule has 0 aliphatic rings. The van der Waals surface area contributed by atoms with Crippen LogP contribution in [0.3, 0.4) is 0 Å². The number of hydrogen-bond acceptors (Lipinski definition) is 3. The van der Waals surface area contributed by atoms with E-state index in [0.717, 1.165) is 28.4 Å². The van der Waals surface area contributed by atoms with Crippen LogP contribution in [-0.4, -0.2) is 20.3 Å². The zero-order valence-electron chi connectivity index (χ0n) is 11.7. The van der Waals surface area contributed by atoms with E-state index in [1.54, 1.807) is 31.0 Å². The van der Waals surface area contributed by atoms with Gasteiger partial charge in [-0.1, -0.05) is 29.4 Å². The molecule has 0 saturated heterocycles. The van der Waals surface area contributed by atoms with Gasteiger partial charge in [-0.3, -0.25) is 0 Å². The van der Waals surface area contributed by atoms with Crippen molar-refractivity contribution in [1.82, 2.24) is 5.32 Å². The Balaban J connectivity index is 2.09. The second kappa shape index (κ2) is 8.39. The summed E-state index contributed by atoms with van der Waals surface area (Å²) in [7, 11) is 1.68. The monoisotopic (exact) mass is 325 g/mol. The van der Waals surface area contributed by atoms with Crippen molar-refractivity contribution in [2.24, 2.45) is 0 Å². The third-order valence-electron chi connectivity index (χ3n) is 2.87. The molecule has 1 N–H and O–H groups in total. The summed E-state index contributed by atoms with van der Waals surface area (Å²) in [4.78, 5) is 2.05. The lowest BCUT2D eigenvalue weighted by atomic mass is 10.2. The van der Waals surface area contributed by atoms with E-state index >= 15 is 0 Å². The lowest BCUT2D eigenvalue weighted by molar-refractivity contribution is 0.199. The highest BCUT2D eigenvalue weighted by molar-refractivity contribution is 7.99. The Morgan fingerprint density at radius 1 is 1.19 bits per heavy atom. The van der Waals surface area contributed by atoms with Gasteiger partial charge >= 0.3 is 0 Å². The van der Waals surface area contributed by atoms with Crippen LogP contribution >= 0.6 is 23.4 Å². The highest BCUT2D eigenvalue weighted by Gasteiger charge is 2.06. The third kappa shape index (κ3) is 5.32. The number of ether oxygens (including phenoxy) is 1. The molecule has 2 nitrogen and oxygen atoms in total. The zero-order valence-corrected chi connectivity index (χ0v) is 13.3. The fraction of sp³-hybridized carbons (Fsp3) is 0.250. The van der Waals surface area contributed by atoms with E-state index in [1.807, 2.05) is 18.2 Å². The lowest BCUT2D eigenvalue weighted by Gasteiger charge is -2.11. The number of hydrogen-bond donors (Lipinski definition) is 1. The van der Waals surface area contributed by atoms with Gasteiger partial charge in [-0.2, -0.15) is 0 Å². The van der Waals surface area contributed by atoms with E-state index in [2.05, 4.69) is 5.32 Å². The van der Waals surface area contributed by atoms with Gasteiger partial charge < -0.3 is 10.1 Å². The van der Waals surface area contributed by atoms with Crippen molar-refractivity contribution in [2.75, 3.05) is 20.3 Å². The minimum absolute atomic E-state index is 0.230. The lowest BCUT2D eigenvalue weighted by Crippen LogP contribution is -2.18. The molecule has 0 saturated carbocycles. The average molecular weight is 326 g/mol. The van der Waals surface area contributed by atoms with E-state index in [4.69, 9.17) is 16.3 Å². The predicted molar refractivity (Wildman–Crippen MR) is 85.6 cm³/mol. The Morgan fingerprint density at radius 3 is 2.67 bits per heavy atom. The smallest absolute Gasteiger partial charge is 0.123 e. The van der Waals surface area contributed by atoms with Crippen LogP contribution in [0.15, 0.2) is 52.3 Å². The topological polar surface area (TPSA) is 21.3 Å². The second-order valence-corrected chi connectivity index (χ2v) is 6.03. The van der Waals surface area contributed by atoms with Crippen LogP contribution in [-0.2, 0) is 11.3 Å². The normalized spacial score (nSPS) is 10.8. The number of benzene rings is 2. The molecule has 0 atom stereocenters. The summed E-state index contributed by atoms with van der Waals surface area (Å²) in [5.41, 5.74) is 1.16. The molecule has 0 amide bonds. The van der Waals surface area contributed by atoms with Crippen molar-refractivity contribution in [3.8, 4) is 0 Å². The Morgan fingerprint density at radius 2 is 1.95 bits per heavy atom. The molecular weight excluding hydrogens is 309 g/mol. The molecule has 0 spiro atoms. The molecule has 2 aromatic carbocycles. The zero-order chi connectivity index (χ0) is 15.1. The average Bonchev–Trinajstić information content (AvgIpc) is 2.48. The number of methoxy groups -OCH3 is 1. The third-order valence-corrected chi connectivity index (χ3v) is 4.21. The van der Waals surface area contributed by atoms with Gasteiger partial charge in [-0.25, -0.2) is 4.39 Å². The van der Waals surface area contributed by atoms with Gasteiger partial charge in [0.1, 0.15) is 5.82 Å². The molecule has 0 fully saturated rings. The molecule has 21 heavy (non-hydrogen) atoms. The summed E-state index contributed by atoms with van der Waals surface area (Å²) in [6, 6.07) is 12.3. The van der Waals surface area contributed by atoms with Crippen LogP contribution in [0.4, 0.5) is 4.39 Å². The summed E-state index contributed by atoms with van der Waals surface area (Å²) in [5.74, 6) is -0.230. The first-order chi connectivity index (χ1) is 10.2. The van der Waals surface area contributed by atoms with Gasteiger partial charge in [0.25, 0.3) is 0 Å². The molecule has 112 valence electrons. The van der Waals surface area contributed by atoms with Crippen molar-refractivity contribution in [3.63, 3.8) is 0 Å². The van der Waals surface area contributed by atoms with Crippen molar-refractivity contribution in [2.45, 2.75) is 16.3 Å². The quantitative estimate of drug-likeness (QED) is 0.764. The van der Waals surface area contributed by atoms with Crippen molar-refractivity contribution >= 4 is 23.4 Å². The van der Waals surface area contributed by atoms with Crippen LogP contribution in [0.5, 0.6) is 0 Å². The van der Waals surface area contributed by atoms with Gasteiger partial charge in [-0.05, 0) is 42.0 Å². The Bertz CT molecular complexity index is 577. The summed E-state index contributed by atoms with van der Waals surface area (Å²) < 4.78 is 18.0. The Hall–Kier alpha value is -1.07. The van der Waals surface area contributed by atoms with Gasteiger partial charge in [0.15, 0.2) is 0 Å². The first-order valence-corrected chi connectivity index (χ1v) is 7.80. The molecule has 2 aromatic rings. The molecule has 0 aromatic heterocycles. The maximum Gasteiger partial charge on any atom is 0.123 e. The Labute approximate surface area is 133 Å². The summed E-state index contributed by atoms with van der Waals surface area (Å²) in [5, 5.41) is 4.01. The Kier molecular flexibility index (Phi) is 6.51. The maximum atomic E-state index is 13.0. The van der Waals surface area contributed by atoms with Crippen molar-refractivity contribution in [1.29, 1.82) is 0 Å². The molecule has 0 radical (unpaired) electrons. The van der Waals surface area contributed by atoms with Crippen LogP contribution < -0.4 is 5.32 Å². The number of halogens is 2. The minimum atomic E-state index is -0.230. The van der Waals surface area contributed by atoms with Crippen molar-refractivity contribution < 1.29 is 9.13 Å². The molecule has 0 aliphatic carbocycles. The van der Waals surface area contributed by atoms with E-state index in [-0.39, 0.29) is 5.82 Å². The van der Waals surface area contributed by atoms with E-state index < -0.39 is 0 Å².